The Hall–Kier alpha value is -4.07. The summed E-state index contributed by atoms with van der Waals surface area (Å²) in [7, 11) is 1.42. The van der Waals surface area contributed by atoms with Gasteiger partial charge in [-0.15, -0.1) is 0 Å². The lowest BCUT2D eigenvalue weighted by Crippen LogP contribution is -2.17. The summed E-state index contributed by atoms with van der Waals surface area (Å²) in [6, 6.07) is 13.3. The molecule has 7 nitrogen and oxygen atoms in total. The van der Waals surface area contributed by atoms with Crippen LogP contribution in [0.3, 0.4) is 0 Å². The number of carbonyl (C=O) groups is 2. The Labute approximate surface area is 172 Å². The largest absolute Gasteiger partial charge is 0.493 e. The third kappa shape index (κ3) is 5.26. The molecule has 0 spiro atoms. The normalized spacial score (nSPS) is 10.6. The molecule has 0 saturated carbocycles. The van der Waals surface area contributed by atoms with Crippen LogP contribution in [0.1, 0.15) is 32.0 Å². The number of halogens is 1. The zero-order valence-corrected chi connectivity index (χ0v) is 16.3. The van der Waals surface area contributed by atoms with Crippen LogP contribution in [0, 0.1) is 12.7 Å². The molecule has 0 aliphatic rings. The number of methoxy groups -OCH3 is 1. The number of hydrazone groups is 1. The number of aromatic nitrogens is 1. The van der Waals surface area contributed by atoms with Gasteiger partial charge in [0.2, 0.25) is 0 Å². The smallest absolute Gasteiger partial charge is 0.343 e. The molecule has 152 valence electrons. The summed E-state index contributed by atoms with van der Waals surface area (Å²) in [6.07, 6.45) is 2.88. The van der Waals surface area contributed by atoms with Gasteiger partial charge in [-0.25, -0.2) is 14.6 Å². The molecule has 3 aromatic rings. The van der Waals surface area contributed by atoms with Crippen LogP contribution in [0.15, 0.2) is 65.9 Å². The lowest BCUT2D eigenvalue weighted by Gasteiger charge is -2.10. The van der Waals surface area contributed by atoms with Gasteiger partial charge in [0.25, 0.3) is 5.91 Å². The third-order valence-corrected chi connectivity index (χ3v) is 4.00. The molecule has 1 N–H and O–H groups in total. The van der Waals surface area contributed by atoms with E-state index in [9.17, 15) is 14.0 Å². The van der Waals surface area contributed by atoms with Gasteiger partial charge in [0, 0.05) is 11.9 Å². The molecule has 2 aromatic carbocycles. The number of amides is 1. The summed E-state index contributed by atoms with van der Waals surface area (Å²) in [5.41, 5.74) is 4.27. The summed E-state index contributed by atoms with van der Waals surface area (Å²) < 4.78 is 23.8. The summed E-state index contributed by atoms with van der Waals surface area (Å²) in [4.78, 5) is 28.3. The zero-order chi connectivity index (χ0) is 21.5. The Morgan fingerprint density at radius 2 is 1.90 bits per heavy atom. The van der Waals surface area contributed by atoms with Gasteiger partial charge < -0.3 is 9.47 Å². The van der Waals surface area contributed by atoms with Crippen LogP contribution < -0.4 is 14.9 Å². The number of ether oxygens (including phenoxy) is 2. The highest BCUT2D eigenvalue weighted by Crippen LogP contribution is 2.28. The molecule has 1 heterocycles. The van der Waals surface area contributed by atoms with E-state index in [4.69, 9.17) is 9.47 Å². The maximum Gasteiger partial charge on any atom is 0.343 e. The molecule has 0 atom stereocenters. The summed E-state index contributed by atoms with van der Waals surface area (Å²) in [5, 5.41) is 3.91. The first kappa shape index (κ1) is 20.7. The number of hydrogen-bond acceptors (Lipinski definition) is 6. The molecular weight excluding hydrogens is 389 g/mol. The molecular formula is C22H18FN3O4. The minimum absolute atomic E-state index is 0.0796. The lowest BCUT2D eigenvalue weighted by molar-refractivity contribution is 0.0729. The maximum absolute atomic E-state index is 13.3. The molecule has 3 rings (SSSR count). The van der Waals surface area contributed by atoms with Gasteiger partial charge in [0.1, 0.15) is 5.82 Å². The van der Waals surface area contributed by atoms with Crippen LogP contribution in [-0.2, 0) is 0 Å². The average Bonchev–Trinajstić information content (AvgIpc) is 2.75. The van der Waals surface area contributed by atoms with Crippen LogP contribution >= 0.6 is 0 Å². The number of rotatable bonds is 6. The number of benzene rings is 2. The molecule has 0 fully saturated rings. The van der Waals surface area contributed by atoms with Gasteiger partial charge >= 0.3 is 5.97 Å². The highest BCUT2D eigenvalue weighted by Gasteiger charge is 2.13. The van der Waals surface area contributed by atoms with Crippen molar-refractivity contribution in [3.05, 3.63) is 89.0 Å². The van der Waals surface area contributed by atoms with Gasteiger partial charge in [-0.1, -0.05) is 6.07 Å². The first-order valence-electron chi connectivity index (χ1n) is 8.88. The van der Waals surface area contributed by atoms with Gasteiger partial charge in [0.05, 0.1) is 24.5 Å². The third-order valence-electron chi connectivity index (χ3n) is 4.00. The van der Waals surface area contributed by atoms with Gasteiger partial charge in [0.15, 0.2) is 11.5 Å². The Balaban J connectivity index is 1.67. The lowest BCUT2D eigenvalue weighted by atomic mass is 10.2. The summed E-state index contributed by atoms with van der Waals surface area (Å²) in [6.45, 7) is 1.83. The topological polar surface area (TPSA) is 89.9 Å². The number of nitrogens with zero attached hydrogens (tertiary/aromatic N) is 2. The highest BCUT2D eigenvalue weighted by atomic mass is 19.1. The van der Waals surface area contributed by atoms with Gasteiger partial charge in [-0.05, 0) is 61.0 Å². The SMILES string of the molecule is COc1cc(/C=N/NC(=O)c2ccc(C)nc2)ccc1OC(=O)c1cccc(F)c1. The molecule has 0 bridgehead atoms. The monoisotopic (exact) mass is 407 g/mol. The van der Waals surface area contributed by atoms with E-state index in [0.29, 0.717) is 11.1 Å². The molecule has 8 heteroatoms. The van der Waals surface area contributed by atoms with Gasteiger partial charge in [-0.3, -0.25) is 9.78 Å². The van der Waals surface area contributed by atoms with E-state index in [1.54, 1.807) is 24.3 Å². The van der Waals surface area contributed by atoms with Crippen LogP contribution in [0.5, 0.6) is 11.5 Å². The van der Waals surface area contributed by atoms with E-state index >= 15 is 0 Å². The molecule has 0 unspecified atom stereocenters. The highest BCUT2D eigenvalue weighted by molar-refractivity contribution is 5.94. The van der Waals surface area contributed by atoms with Crippen molar-refractivity contribution < 1.29 is 23.5 Å². The van der Waals surface area contributed by atoms with Crippen LogP contribution in [0.25, 0.3) is 0 Å². The Kier molecular flexibility index (Phi) is 6.49. The second kappa shape index (κ2) is 9.42. The van der Waals surface area contributed by atoms with E-state index < -0.39 is 17.7 Å². The zero-order valence-electron chi connectivity index (χ0n) is 16.3. The number of nitrogens with one attached hydrogen (secondary N) is 1. The maximum atomic E-state index is 13.3. The molecule has 1 amide bonds. The fourth-order valence-corrected chi connectivity index (χ4v) is 2.46. The van der Waals surface area contributed by atoms with Crippen molar-refractivity contribution >= 4 is 18.1 Å². The first-order valence-corrected chi connectivity index (χ1v) is 8.88. The van der Waals surface area contributed by atoms with Crippen molar-refractivity contribution in [1.29, 1.82) is 0 Å². The number of esters is 1. The van der Waals surface area contributed by atoms with Crippen molar-refractivity contribution in [3.63, 3.8) is 0 Å². The number of aryl methyl sites for hydroxylation is 1. The van der Waals surface area contributed by atoms with Crippen molar-refractivity contribution in [1.82, 2.24) is 10.4 Å². The van der Waals surface area contributed by atoms with E-state index in [-0.39, 0.29) is 17.1 Å². The van der Waals surface area contributed by atoms with E-state index in [1.807, 2.05) is 6.92 Å². The molecule has 30 heavy (non-hydrogen) atoms. The minimum Gasteiger partial charge on any atom is -0.493 e. The van der Waals surface area contributed by atoms with E-state index in [1.165, 1.54) is 43.8 Å². The van der Waals surface area contributed by atoms with Crippen molar-refractivity contribution in [3.8, 4) is 11.5 Å². The van der Waals surface area contributed by atoms with E-state index in [0.717, 1.165) is 11.8 Å². The number of pyridine rings is 1. The average molecular weight is 407 g/mol. The summed E-state index contributed by atoms with van der Waals surface area (Å²) in [5.74, 6) is -1.21. The van der Waals surface area contributed by atoms with Crippen LogP contribution in [-0.4, -0.2) is 30.2 Å². The molecule has 0 saturated heterocycles. The first-order chi connectivity index (χ1) is 14.5. The Morgan fingerprint density at radius 1 is 1.07 bits per heavy atom. The number of carbonyl (C=O) groups excluding carboxylic acids is 2. The van der Waals surface area contributed by atoms with Crippen molar-refractivity contribution in [2.45, 2.75) is 6.92 Å². The quantitative estimate of drug-likeness (QED) is 0.292. The Bertz CT molecular complexity index is 1100. The predicted molar refractivity (Wildman–Crippen MR) is 108 cm³/mol. The molecule has 1 aromatic heterocycles. The minimum atomic E-state index is -0.715. The fraction of sp³-hybridized carbons (Fsp3) is 0.0909. The molecule has 0 aliphatic heterocycles. The standard InChI is InChI=1S/C22H18FN3O4/c1-14-6-8-17(13-24-14)21(27)26-25-12-15-7-9-19(20(10-15)29-2)30-22(28)16-4-3-5-18(23)11-16/h3-13H,1-2H3,(H,26,27)/b25-12+. The fourth-order valence-electron chi connectivity index (χ4n) is 2.46. The summed E-state index contributed by atoms with van der Waals surface area (Å²) >= 11 is 0. The predicted octanol–water partition coefficient (Wildman–Crippen LogP) is 3.52. The van der Waals surface area contributed by atoms with Gasteiger partial charge in [-0.2, -0.15) is 5.10 Å². The Morgan fingerprint density at radius 3 is 2.60 bits per heavy atom. The van der Waals surface area contributed by atoms with Crippen molar-refractivity contribution in [2.24, 2.45) is 5.10 Å². The second-order valence-corrected chi connectivity index (χ2v) is 6.20. The number of hydrogen-bond donors (Lipinski definition) is 1. The molecule has 0 aliphatic carbocycles. The van der Waals surface area contributed by atoms with Crippen LogP contribution in [0.2, 0.25) is 0 Å². The van der Waals surface area contributed by atoms with E-state index in [2.05, 4.69) is 15.5 Å². The second-order valence-electron chi connectivity index (χ2n) is 6.20. The van der Waals surface area contributed by atoms with Crippen LogP contribution in [0.4, 0.5) is 4.39 Å². The molecule has 0 radical (unpaired) electrons. The van der Waals surface area contributed by atoms with Crippen molar-refractivity contribution in [2.75, 3.05) is 7.11 Å².